The number of nitrogens with zero attached hydrogens (tertiary/aromatic N) is 5. The molecule has 2 N–H and O–H groups in total. The molecule has 0 radical (unpaired) electrons. The van der Waals surface area contributed by atoms with Gasteiger partial charge in [0, 0.05) is 29.8 Å². The van der Waals surface area contributed by atoms with Crippen molar-refractivity contribution in [1.29, 1.82) is 0 Å². The number of benzene rings is 3. The van der Waals surface area contributed by atoms with Crippen molar-refractivity contribution in [2.75, 3.05) is 5.32 Å². The summed E-state index contributed by atoms with van der Waals surface area (Å²) in [5.74, 6) is -2.07. The second-order valence-electron chi connectivity index (χ2n) is 9.75. The van der Waals surface area contributed by atoms with Crippen LogP contribution in [-0.2, 0) is 6.54 Å². The molecule has 3 aromatic carbocycles. The second kappa shape index (κ2) is 10.3. The lowest BCUT2D eigenvalue weighted by atomic mass is 9.89. The van der Waals surface area contributed by atoms with E-state index in [0.717, 1.165) is 37.8 Å². The molecule has 198 valence electrons. The van der Waals surface area contributed by atoms with Crippen molar-refractivity contribution >= 4 is 22.6 Å². The smallest absolute Gasteiger partial charge is 0.256 e. The van der Waals surface area contributed by atoms with Gasteiger partial charge in [-0.1, -0.05) is 37.5 Å². The van der Waals surface area contributed by atoms with E-state index in [1.54, 1.807) is 30.3 Å². The Morgan fingerprint density at radius 1 is 0.974 bits per heavy atom. The summed E-state index contributed by atoms with van der Waals surface area (Å²) in [4.78, 5) is 18.1. The second-order valence-corrected chi connectivity index (χ2v) is 9.75. The topological polar surface area (TPSA) is 101 Å². The van der Waals surface area contributed by atoms with Gasteiger partial charge in [0.05, 0.1) is 22.3 Å². The van der Waals surface area contributed by atoms with Crippen LogP contribution in [0.4, 0.5) is 18.9 Å². The monoisotopic (exact) mass is 531 g/mol. The Morgan fingerprint density at radius 3 is 2.54 bits per heavy atom. The Kier molecular flexibility index (Phi) is 6.55. The lowest BCUT2D eigenvalue weighted by Gasteiger charge is -2.23. The van der Waals surface area contributed by atoms with Gasteiger partial charge in [0.1, 0.15) is 11.6 Å². The summed E-state index contributed by atoms with van der Waals surface area (Å²) in [6, 6.07) is 13.3. The van der Waals surface area contributed by atoms with Crippen LogP contribution in [0.15, 0.2) is 54.6 Å². The predicted molar refractivity (Wildman–Crippen MR) is 139 cm³/mol. The fourth-order valence-corrected chi connectivity index (χ4v) is 5.25. The summed E-state index contributed by atoms with van der Waals surface area (Å²) in [6.07, 6.45) is 5.48. The highest BCUT2D eigenvalue weighted by Crippen LogP contribution is 2.33. The van der Waals surface area contributed by atoms with Crippen molar-refractivity contribution in [2.24, 2.45) is 5.92 Å². The Morgan fingerprint density at radius 2 is 1.77 bits per heavy atom. The van der Waals surface area contributed by atoms with Gasteiger partial charge in [0.25, 0.3) is 5.91 Å². The number of carbonyl (C=O) groups is 1. The molecule has 2 heterocycles. The van der Waals surface area contributed by atoms with Gasteiger partial charge >= 0.3 is 0 Å². The number of imidazole rings is 1. The predicted octanol–water partition coefficient (Wildman–Crippen LogP) is 6.13. The standard InChI is InChI=1S/C28H24F3N7O/c29-20-13-24-25(14-21(20)30)38(15-16-6-2-1-3-7-16)27(32-24)18-8-4-5-9-19(18)28(39)33-23-11-10-17(12-22(23)31)26-34-36-37-35-26/h4-5,8-14,16H,1-3,6-7,15H2,(H,33,39)(H,34,35,36,37). The van der Waals surface area contributed by atoms with E-state index in [4.69, 9.17) is 0 Å². The molecular weight excluding hydrogens is 507 g/mol. The van der Waals surface area contributed by atoms with Gasteiger partial charge in [-0.3, -0.25) is 4.79 Å². The largest absolute Gasteiger partial charge is 0.324 e. The molecule has 1 aliphatic carbocycles. The summed E-state index contributed by atoms with van der Waals surface area (Å²) in [5, 5.41) is 15.9. The van der Waals surface area contributed by atoms with Gasteiger partial charge in [0.15, 0.2) is 17.5 Å². The molecule has 0 aliphatic heterocycles. The van der Waals surface area contributed by atoms with Crippen molar-refractivity contribution in [3.05, 3.63) is 77.6 Å². The van der Waals surface area contributed by atoms with Crippen LogP contribution < -0.4 is 5.32 Å². The van der Waals surface area contributed by atoms with Crippen molar-refractivity contribution in [2.45, 2.75) is 38.6 Å². The van der Waals surface area contributed by atoms with Gasteiger partial charge in [-0.2, -0.15) is 0 Å². The highest BCUT2D eigenvalue weighted by Gasteiger charge is 2.24. The van der Waals surface area contributed by atoms with Gasteiger partial charge in [0.2, 0.25) is 0 Å². The third-order valence-corrected chi connectivity index (χ3v) is 7.20. The molecule has 6 rings (SSSR count). The van der Waals surface area contributed by atoms with Gasteiger partial charge < -0.3 is 9.88 Å². The minimum Gasteiger partial charge on any atom is -0.324 e. The highest BCUT2D eigenvalue weighted by atomic mass is 19.2. The summed E-state index contributed by atoms with van der Waals surface area (Å²) >= 11 is 0. The molecule has 0 unspecified atom stereocenters. The first-order valence-electron chi connectivity index (χ1n) is 12.8. The quantitative estimate of drug-likeness (QED) is 0.274. The Balaban J connectivity index is 1.38. The number of hydrogen-bond acceptors (Lipinski definition) is 5. The van der Waals surface area contributed by atoms with Crippen molar-refractivity contribution < 1.29 is 18.0 Å². The number of rotatable bonds is 6. The van der Waals surface area contributed by atoms with E-state index in [2.05, 4.69) is 30.9 Å². The number of fused-ring (bicyclic) bond motifs is 1. The van der Waals surface area contributed by atoms with E-state index in [0.29, 0.717) is 46.3 Å². The molecule has 8 nitrogen and oxygen atoms in total. The molecule has 5 aromatic rings. The number of aromatic nitrogens is 6. The molecule has 1 amide bonds. The number of halogens is 3. The third kappa shape index (κ3) is 4.87. The SMILES string of the molecule is O=C(Nc1ccc(-c2nnn[nH]2)cc1F)c1ccccc1-c1nc2cc(F)c(F)cc2n1CC1CCCCC1. The van der Waals surface area contributed by atoms with Crippen LogP contribution in [-0.4, -0.2) is 36.1 Å². The maximum Gasteiger partial charge on any atom is 0.256 e. The van der Waals surface area contributed by atoms with Gasteiger partial charge in [-0.05, 0) is 53.5 Å². The zero-order chi connectivity index (χ0) is 26.9. The molecular formula is C28H24F3N7O. The first kappa shape index (κ1) is 24.8. The molecule has 2 aromatic heterocycles. The lowest BCUT2D eigenvalue weighted by molar-refractivity contribution is 0.102. The number of tetrazole rings is 1. The normalized spacial score (nSPS) is 14.1. The van der Waals surface area contributed by atoms with Crippen LogP contribution in [0.3, 0.4) is 0 Å². The molecule has 0 saturated heterocycles. The van der Waals surface area contributed by atoms with E-state index < -0.39 is 23.4 Å². The number of H-pyrrole nitrogens is 1. The molecule has 1 saturated carbocycles. The number of hydrogen-bond donors (Lipinski definition) is 2. The molecule has 39 heavy (non-hydrogen) atoms. The van der Waals surface area contributed by atoms with Gasteiger partial charge in [-0.25, -0.2) is 23.3 Å². The van der Waals surface area contributed by atoms with E-state index >= 15 is 0 Å². The molecule has 1 fully saturated rings. The van der Waals surface area contributed by atoms with Crippen LogP contribution in [0.5, 0.6) is 0 Å². The average molecular weight is 532 g/mol. The summed E-state index contributed by atoms with van der Waals surface area (Å²) in [5.41, 5.74) is 1.90. The van der Waals surface area contributed by atoms with Crippen LogP contribution in [0, 0.1) is 23.4 Å². The van der Waals surface area contributed by atoms with E-state index in [-0.39, 0.29) is 11.3 Å². The molecule has 0 atom stereocenters. The van der Waals surface area contributed by atoms with E-state index in [1.165, 1.54) is 18.6 Å². The fraction of sp³-hybridized carbons (Fsp3) is 0.250. The van der Waals surface area contributed by atoms with Crippen LogP contribution in [0.25, 0.3) is 33.8 Å². The number of aromatic amines is 1. The van der Waals surface area contributed by atoms with Gasteiger partial charge in [-0.15, -0.1) is 5.10 Å². The van der Waals surface area contributed by atoms with Crippen LogP contribution >= 0.6 is 0 Å². The fourth-order valence-electron chi connectivity index (χ4n) is 5.25. The molecule has 1 aliphatic rings. The average Bonchev–Trinajstić information content (AvgIpc) is 3.60. The Bertz CT molecular complexity index is 1660. The molecule has 0 bridgehead atoms. The molecule has 0 spiro atoms. The van der Waals surface area contributed by atoms with Crippen molar-refractivity contribution in [1.82, 2.24) is 30.2 Å². The maximum absolute atomic E-state index is 14.9. The Labute approximate surface area is 221 Å². The van der Waals surface area contributed by atoms with E-state index in [9.17, 15) is 18.0 Å². The number of nitrogens with one attached hydrogen (secondary N) is 2. The number of amides is 1. The summed E-state index contributed by atoms with van der Waals surface area (Å²) < 4.78 is 45.2. The lowest BCUT2D eigenvalue weighted by Crippen LogP contribution is -2.17. The summed E-state index contributed by atoms with van der Waals surface area (Å²) in [7, 11) is 0. The zero-order valence-corrected chi connectivity index (χ0v) is 20.8. The zero-order valence-electron chi connectivity index (χ0n) is 20.8. The maximum atomic E-state index is 14.9. The summed E-state index contributed by atoms with van der Waals surface area (Å²) in [6.45, 7) is 0.569. The molecule has 11 heteroatoms. The van der Waals surface area contributed by atoms with Crippen molar-refractivity contribution in [3.8, 4) is 22.8 Å². The van der Waals surface area contributed by atoms with Crippen LogP contribution in [0.2, 0.25) is 0 Å². The first-order chi connectivity index (χ1) is 19.0. The minimum absolute atomic E-state index is 0.0223. The minimum atomic E-state index is -0.984. The number of carbonyl (C=O) groups excluding carboxylic acids is 1. The first-order valence-corrected chi connectivity index (χ1v) is 12.8. The van der Waals surface area contributed by atoms with E-state index in [1.807, 2.05) is 4.57 Å². The Hall–Kier alpha value is -4.54. The third-order valence-electron chi connectivity index (χ3n) is 7.20. The van der Waals surface area contributed by atoms with Crippen LogP contribution in [0.1, 0.15) is 42.5 Å². The van der Waals surface area contributed by atoms with Crippen molar-refractivity contribution in [3.63, 3.8) is 0 Å². The highest BCUT2D eigenvalue weighted by molar-refractivity contribution is 6.08. The number of anilines is 1.